The summed E-state index contributed by atoms with van der Waals surface area (Å²) < 4.78 is 5.83. The van der Waals surface area contributed by atoms with Gasteiger partial charge in [-0.2, -0.15) is 0 Å². The summed E-state index contributed by atoms with van der Waals surface area (Å²) in [6.45, 7) is 10.6. The summed E-state index contributed by atoms with van der Waals surface area (Å²) in [6.07, 6.45) is 7.21. The first-order valence-corrected chi connectivity index (χ1v) is 10.9. The van der Waals surface area contributed by atoms with Crippen LogP contribution < -0.4 is 10.2 Å². The highest BCUT2D eigenvalue weighted by Crippen LogP contribution is 2.23. The predicted molar refractivity (Wildman–Crippen MR) is 108 cm³/mol. The third-order valence-corrected chi connectivity index (χ3v) is 6.31. The Balaban J connectivity index is 1.31. The van der Waals surface area contributed by atoms with Gasteiger partial charge in [0, 0.05) is 36.9 Å². The van der Waals surface area contributed by atoms with Crippen LogP contribution in [0.4, 0.5) is 5.82 Å². The molecule has 0 saturated carbocycles. The number of likely N-dealkylation sites (tertiary alicyclic amines) is 1. The fraction of sp³-hybridized carbons (Fsp3) is 0.810. The molecule has 4 heterocycles. The Kier molecular flexibility index (Phi) is 6.25. The number of ether oxygens (including phenoxy) is 1. The molecule has 3 aliphatic rings. The third-order valence-electron chi connectivity index (χ3n) is 6.31. The molecule has 0 radical (unpaired) electrons. The molecule has 1 aromatic rings. The number of anilines is 1. The summed E-state index contributed by atoms with van der Waals surface area (Å²) in [5.74, 6) is 2.01. The zero-order valence-corrected chi connectivity index (χ0v) is 17.0. The molecule has 1 aromatic heterocycles. The fourth-order valence-corrected chi connectivity index (χ4v) is 4.87. The van der Waals surface area contributed by atoms with Crippen molar-refractivity contribution in [3.63, 3.8) is 0 Å². The van der Waals surface area contributed by atoms with Crippen molar-refractivity contribution in [1.82, 2.24) is 20.2 Å². The van der Waals surface area contributed by atoms with Crippen molar-refractivity contribution in [1.29, 1.82) is 0 Å². The average molecular weight is 374 g/mol. The van der Waals surface area contributed by atoms with E-state index in [1.807, 2.05) is 6.92 Å². The number of piperidine rings is 1. The van der Waals surface area contributed by atoms with Crippen LogP contribution in [-0.4, -0.2) is 72.4 Å². The largest absolute Gasteiger partial charge is 0.378 e. The van der Waals surface area contributed by atoms with Gasteiger partial charge in [-0.25, -0.2) is 9.97 Å². The zero-order valence-electron chi connectivity index (χ0n) is 17.0. The Labute approximate surface area is 163 Å². The smallest absolute Gasteiger partial charge is 0.132 e. The van der Waals surface area contributed by atoms with E-state index in [1.165, 1.54) is 44.5 Å². The maximum absolute atomic E-state index is 5.83. The molecule has 1 N–H and O–H groups in total. The van der Waals surface area contributed by atoms with Crippen LogP contribution in [0.1, 0.15) is 50.5 Å². The van der Waals surface area contributed by atoms with Gasteiger partial charge in [-0.15, -0.1) is 0 Å². The van der Waals surface area contributed by atoms with Gasteiger partial charge in [0.15, 0.2) is 0 Å². The topological polar surface area (TPSA) is 53.5 Å². The lowest BCUT2D eigenvalue weighted by Gasteiger charge is -2.36. The van der Waals surface area contributed by atoms with E-state index in [4.69, 9.17) is 9.72 Å². The number of nitrogens with one attached hydrogen (secondary N) is 1. The normalized spacial score (nSPS) is 27.6. The summed E-state index contributed by atoms with van der Waals surface area (Å²) in [4.78, 5) is 14.4. The molecule has 0 amide bonds. The molecule has 0 aromatic carbocycles. The molecular formula is C21H35N5O. The Bertz CT molecular complexity index is 611. The van der Waals surface area contributed by atoms with E-state index in [1.54, 1.807) is 0 Å². The first kappa shape index (κ1) is 19.1. The van der Waals surface area contributed by atoms with E-state index in [0.717, 1.165) is 50.8 Å². The van der Waals surface area contributed by atoms with Crippen LogP contribution in [0.2, 0.25) is 0 Å². The first-order chi connectivity index (χ1) is 13.2. The molecule has 0 spiro atoms. The number of nitrogens with zero attached hydrogens (tertiary/aromatic N) is 4. The quantitative estimate of drug-likeness (QED) is 0.825. The fourth-order valence-electron chi connectivity index (χ4n) is 4.87. The van der Waals surface area contributed by atoms with Crippen molar-refractivity contribution in [3.8, 4) is 0 Å². The minimum atomic E-state index is 0.497. The molecule has 0 bridgehead atoms. The van der Waals surface area contributed by atoms with Gasteiger partial charge in [0.25, 0.3) is 0 Å². The SMILES string of the molecule is CCCc1cc(N2CCC(N[C@@H]3COC[C@H]3N3CCCC3)CC2)nc(C)n1. The maximum atomic E-state index is 5.83. The van der Waals surface area contributed by atoms with Gasteiger partial charge in [0.2, 0.25) is 0 Å². The van der Waals surface area contributed by atoms with E-state index in [-0.39, 0.29) is 0 Å². The molecule has 2 atom stereocenters. The lowest BCUT2D eigenvalue weighted by Crippen LogP contribution is -2.54. The van der Waals surface area contributed by atoms with Crippen LogP contribution in [0, 0.1) is 6.92 Å². The Morgan fingerprint density at radius 1 is 1.11 bits per heavy atom. The van der Waals surface area contributed by atoms with Crippen molar-refractivity contribution < 1.29 is 4.74 Å². The number of aryl methyl sites for hydroxylation is 2. The molecule has 3 aliphatic heterocycles. The van der Waals surface area contributed by atoms with Gasteiger partial charge < -0.3 is 15.0 Å². The lowest BCUT2D eigenvalue weighted by molar-refractivity contribution is 0.158. The van der Waals surface area contributed by atoms with Crippen molar-refractivity contribution in [2.24, 2.45) is 0 Å². The van der Waals surface area contributed by atoms with E-state index in [2.05, 4.69) is 33.1 Å². The van der Waals surface area contributed by atoms with Gasteiger partial charge in [-0.3, -0.25) is 4.90 Å². The van der Waals surface area contributed by atoms with Crippen molar-refractivity contribution in [3.05, 3.63) is 17.6 Å². The molecule has 6 heteroatoms. The van der Waals surface area contributed by atoms with Crippen LogP contribution in [0.5, 0.6) is 0 Å². The van der Waals surface area contributed by atoms with Crippen LogP contribution in [-0.2, 0) is 11.2 Å². The molecule has 0 unspecified atom stereocenters. The van der Waals surface area contributed by atoms with E-state index in [9.17, 15) is 0 Å². The van der Waals surface area contributed by atoms with Crippen LogP contribution in [0.15, 0.2) is 6.07 Å². The second kappa shape index (κ2) is 8.84. The summed E-state index contributed by atoms with van der Waals surface area (Å²) >= 11 is 0. The molecule has 0 aliphatic carbocycles. The van der Waals surface area contributed by atoms with Crippen molar-refractivity contribution >= 4 is 5.82 Å². The highest BCUT2D eigenvalue weighted by Gasteiger charge is 2.36. The van der Waals surface area contributed by atoms with E-state index in [0.29, 0.717) is 18.1 Å². The Morgan fingerprint density at radius 2 is 1.89 bits per heavy atom. The minimum Gasteiger partial charge on any atom is -0.378 e. The van der Waals surface area contributed by atoms with Crippen LogP contribution >= 0.6 is 0 Å². The number of hydrogen-bond donors (Lipinski definition) is 1. The standard InChI is InChI=1S/C21H35N5O/c1-3-6-18-13-21(23-16(2)22-18)26-11-7-17(8-12-26)24-19-14-27-15-20(19)25-9-4-5-10-25/h13,17,19-20,24H,3-12,14-15H2,1-2H3/t19-,20-/m1/s1. The van der Waals surface area contributed by atoms with E-state index < -0.39 is 0 Å². The second-order valence-corrected chi connectivity index (χ2v) is 8.40. The minimum absolute atomic E-state index is 0.497. The molecular weight excluding hydrogens is 338 g/mol. The van der Waals surface area contributed by atoms with Gasteiger partial charge in [0.1, 0.15) is 11.6 Å². The van der Waals surface area contributed by atoms with Gasteiger partial charge >= 0.3 is 0 Å². The van der Waals surface area contributed by atoms with Gasteiger partial charge in [-0.05, 0) is 52.1 Å². The molecule has 4 rings (SSSR count). The van der Waals surface area contributed by atoms with Crippen LogP contribution in [0.3, 0.4) is 0 Å². The lowest BCUT2D eigenvalue weighted by atomic mass is 10.0. The second-order valence-electron chi connectivity index (χ2n) is 8.40. The van der Waals surface area contributed by atoms with Gasteiger partial charge in [0.05, 0.1) is 19.3 Å². The number of aromatic nitrogens is 2. The molecule has 27 heavy (non-hydrogen) atoms. The third kappa shape index (κ3) is 4.61. The monoisotopic (exact) mass is 373 g/mol. The predicted octanol–water partition coefficient (Wildman–Crippen LogP) is 2.16. The molecule has 3 fully saturated rings. The van der Waals surface area contributed by atoms with Crippen molar-refractivity contribution in [2.45, 2.75) is 70.5 Å². The Morgan fingerprint density at radius 3 is 2.63 bits per heavy atom. The summed E-state index contributed by atoms with van der Waals surface area (Å²) in [7, 11) is 0. The van der Waals surface area contributed by atoms with E-state index >= 15 is 0 Å². The summed E-state index contributed by atoms with van der Waals surface area (Å²) in [5, 5.41) is 3.93. The number of rotatable bonds is 6. The van der Waals surface area contributed by atoms with Gasteiger partial charge in [-0.1, -0.05) is 13.3 Å². The van der Waals surface area contributed by atoms with Crippen LogP contribution in [0.25, 0.3) is 0 Å². The zero-order chi connectivity index (χ0) is 18.6. The molecule has 3 saturated heterocycles. The highest BCUT2D eigenvalue weighted by molar-refractivity contribution is 5.40. The summed E-state index contributed by atoms with van der Waals surface area (Å²) in [6, 6.07) is 3.86. The molecule has 6 nitrogen and oxygen atoms in total. The maximum Gasteiger partial charge on any atom is 0.132 e. The average Bonchev–Trinajstić information content (AvgIpc) is 3.33. The van der Waals surface area contributed by atoms with Crippen molar-refractivity contribution in [2.75, 3.05) is 44.3 Å². The summed E-state index contributed by atoms with van der Waals surface area (Å²) in [5.41, 5.74) is 1.18. The highest BCUT2D eigenvalue weighted by atomic mass is 16.5. The number of hydrogen-bond acceptors (Lipinski definition) is 6. The Hall–Kier alpha value is -1.24. The molecule has 150 valence electrons. The first-order valence-electron chi connectivity index (χ1n) is 10.9.